The smallest absolute Gasteiger partial charge is 0.256 e. The fourth-order valence-corrected chi connectivity index (χ4v) is 2.97. The first kappa shape index (κ1) is 21.5. The van der Waals surface area contributed by atoms with E-state index in [2.05, 4.69) is 33.0 Å². The van der Waals surface area contributed by atoms with Crippen LogP contribution in [0.5, 0.6) is 5.75 Å². The average molecular weight is 351 g/mol. The minimum atomic E-state index is -0.810. The minimum absolute atomic E-state index is 0.0922. The molecule has 0 aromatic heterocycles. The predicted octanol–water partition coefficient (Wildman–Crippen LogP) is 4.13. The van der Waals surface area contributed by atoms with Crippen molar-refractivity contribution < 1.29 is 19.0 Å². The van der Waals surface area contributed by atoms with Gasteiger partial charge in [-0.1, -0.05) is 27.7 Å². The van der Waals surface area contributed by atoms with Crippen molar-refractivity contribution in [3.8, 4) is 5.75 Å². The van der Waals surface area contributed by atoms with Gasteiger partial charge in [-0.15, -0.1) is 0 Å². The largest absolute Gasteiger partial charge is 0.491 e. The van der Waals surface area contributed by atoms with Crippen molar-refractivity contribution in [1.29, 1.82) is 0 Å². The Bertz CT molecular complexity index is 501. The van der Waals surface area contributed by atoms with Crippen molar-refractivity contribution in [3.05, 3.63) is 24.3 Å². The van der Waals surface area contributed by atoms with Gasteiger partial charge < -0.3 is 19.5 Å². The molecule has 0 atom stereocenters. The maximum atomic E-state index is 12.9. The summed E-state index contributed by atoms with van der Waals surface area (Å²) in [7, 11) is 3.26. The molecule has 1 amide bonds. The maximum Gasteiger partial charge on any atom is 0.256 e. The van der Waals surface area contributed by atoms with Crippen LogP contribution in [0.25, 0.3) is 0 Å². The number of hydrogen-bond acceptors (Lipinski definition) is 4. The SMILES string of the molecule is COCCOc1ccc(NC(=O)C(CC(C)C)(CC(C)C)OC)cc1. The quantitative estimate of drug-likeness (QED) is 0.609. The summed E-state index contributed by atoms with van der Waals surface area (Å²) in [6.07, 6.45) is 1.37. The van der Waals surface area contributed by atoms with Crippen LogP contribution in [0.2, 0.25) is 0 Å². The Labute approximate surface area is 152 Å². The Morgan fingerprint density at radius 2 is 1.56 bits per heavy atom. The Hall–Kier alpha value is -1.59. The van der Waals surface area contributed by atoms with Gasteiger partial charge in [-0.3, -0.25) is 4.79 Å². The number of benzene rings is 1. The van der Waals surface area contributed by atoms with Crippen LogP contribution < -0.4 is 10.1 Å². The maximum absolute atomic E-state index is 12.9. The fourth-order valence-electron chi connectivity index (χ4n) is 2.97. The van der Waals surface area contributed by atoms with Gasteiger partial charge in [0, 0.05) is 19.9 Å². The van der Waals surface area contributed by atoms with E-state index in [9.17, 15) is 4.79 Å². The van der Waals surface area contributed by atoms with Crippen molar-refractivity contribution in [1.82, 2.24) is 0 Å². The molecule has 0 radical (unpaired) electrons. The summed E-state index contributed by atoms with van der Waals surface area (Å²) < 4.78 is 16.2. The van der Waals surface area contributed by atoms with Crippen LogP contribution >= 0.6 is 0 Å². The van der Waals surface area contributed by atoms with Gasteiger partial charge in [0.1, 0.15) is 18.0 Å². The van der Waals surface area contributed by atoms with Crippen molar-refractivity contribution in [2.24, 2.45) is 11.8 Å². The zero-order chi connectivity index (χ0) is 18.9. The van der Waals surface area contributed by atoms with Crippen molar-refractivity contribution in [2.45, 2.75) is 46.1 Å². The van der Waals surface area contributed by atoms with Crippen LogP contribution in [-0.4, -0.2) is 38.9 Å². The first-order valence-electron chi connectivity index (χ1n) is 8.91. The highest BCUT2D eigenvalue weighted by molar-refractivity contribution is 5.97. The average Bonchev–Trinajstić information content (AvgIpc) is 2.55. The molecule has 0 saturated carbocycles. The van der Waals surface area contributed by atoms with E-state index >= 15 is 0 Å². The lowest BCUT2D eigenvalue weighted by atomic mass is 9.84. The standard InChI is InChI=1S/C20H33NO4/c1-15(2)13-20(24-6,14-16(3)4)19(22)21-17-7-9-18(10-8-17)25-12-11-23-5/h7-10,15-16H,11-14H2,1-6H3,(H,21,22). The lowest BCUT2D eigenvalue weighted by Gasteiger charge is -2.34. The normalized spacial score (nSPS) is 11.8. The molecule has 1 N–H and O–H groups in total. The van der Waals surface area contributed by atoms with Crippen LogP contribution in [0, 0.1) is 11.8 Å². The molecule has 0 saturated heterocycles. The van der Waals surface area contributed by atoms with Crippen LogP contribution in [0.15, 0.2) is 24.3 Å². The van der Waals surface area contributed by atoms with Gasteiger partial charge in [0.25, 0.3) is 5.91 Å². The summed E-state index contributed by atoms with van der Waals surface area (Å²) in [6, 6.07) is 7.35. The number of methoxy groups -OCH3 is 2. The Balaban J connectivity index is 2.81. The van der Waals surface area contributed by atoms with E-state index in [1.807, 2.05) is 24.3 Å². The van der Waals surface area contributed by atoms with Crippen LogP contribution in [-0.2, 0) is 14.3 Å². The number of carbonyl (C=O) groups excluding carboxylic acids is 1. The highest BCUT2D eigenvalue weighted by Gasteiger charge is 2.39. The molecule has 0 aliphatic heterocycles. The van der Waals surface area contributed by atoms with E-state index in [4.69, 9.17) is 14.2 Å². The topological polar surface area (TPSA) is 56.8 Å². The third kappa shape index (κ3) is 7.04. The summed E-state index contributed by atoms with van der Waals surface area (Å²) in [5, 5.41) is 2.99. The molecule has 1 aromatic rings. The first-order valence-corrected chi connectivity index (χ1v) is 8.91. The number of nitrogens with one attached hydrogen (secondary N) is 1. The monoisotopic (exact) mass is 351 g/mol. The molecule has 5 heteroatoms. The number of hydrogen-bond donors (Lipinski definition) is 1. The van der Waals surface area contributed by atoms with Crippen LogP contribution in [0.3, 0.4) is 0 Å². The molecule has 25 heavy (non-hydrogen) atoms. The number of anilines is 1. The molecule has 1 rings (SSSR count). The van der Waals surface area contributed by atoms with E-state index < -0.39 is 5.60 Å². The second-order valence-corrected chi connectivity index (χ2v) is 7.21. The van der Waals surface area contributed by atoms with E-state index in [0.29, 0.717) is 37.9 Å². The summed E-state index contributed by atoms with van der Waals surface area (Å²) in [5.41, 5.74) is -0.0753. The number of carbonyl (C=O) groups is 1. The molecule has 0 spiro atoms. The lowest BCUT2D eigenvalue weighted by molar-refractivity contribution is -0.142. The summed E-state index contributed by atoms with van der Waals surface area (Å²) in [6.45, 7) is 9.46. The Morgan fingerprint density at radius 1 is 1.00 bits per heavy atom. The van der Waals surface area contributed by atoms with E-state index in [1.165, 1.54) is 0 Å². The summed E-state index contributed by atoms with van der Waals surface area (Å²) in [4.78, 5) is 12.9. The van der Waals surface area contributed by atoms with Gasteiger partial charge in [0.05, 0.1) is 6.61 Å². The molecule has 0 bridgehead atoms. The van der Waals surface area contributed by atoms with Crippen molar-refractivity contribution in [2.75, 3.05) is 32.8 Å². The third-order valence-corrected chi connectivity index (χ3v) is 3.95. The summed E-state index contributed by atoms with van der Waals surface area (Å²) in [5.74, 6) is 1.38. The molecule has 142 valence electrons. The molecular weight excluding hydrogens is 318 g/mol. The second-order valence-electron chi connectivity index (χ2n) is 7.21. The molecular formula is C20H33NO4. The highest BCUT2D eigenvalue weighted by Crippen LogP contribution is 2.30. The number of amides is 1. The van der Waals surface area contributed by atoms with E-state index in [-0.39, 0.29) is 5.91 Å². The van der Waals surface area contributed by atoms with Gasteiger partial charge in [-0.25, -0.2) is 0 Å². The van der Waals surface area contributed by atoms with Gasteiger partial charge in [-0.05, 0) is 48.9 Å². The molecule has 1 aromatic carbocycles. The molecule has 0 fully saturated rings. The third-order valence-electron chi connectivity index (χ3n) is 3.95. The predicted molar refractivity (Wildman–Crippen MR) is 101 cm³/mol. The van der Waals surface area contributed by atoms with Gasteiger partial charge in [-0.2, -0.15) is 0 Å². The second kappa shape index (κ2) is 10.4. The van der Waals surface area contributed by atoms with Gasteiger partial charge in [0.15, 0.2) is 0 Å². The van der Waals surface area contributed by atoms with Gasteiger partial charge >= 0.3 is 0 Å². The van der Waals surface area contributed by atoms with Crippen molar-refractivity contribution in [3.63, 3.8) is 0 Å². The lowest BCUT2D eigenvalue weighted by Crippen LogP contribution is -2.46. The Kier molecular flexibility index (Phi) is 8.93. The van der Waals surface area contributed by atoms with Crippen molar-refractivity contribution >= 4 is 11.6 Å². The summed E-state index contributed by atoms with van der Waals surface area (Å²) >= 11 is 0. The highest BCUT2D eigenvalue weighted by atomic mass is 16.5. The molecule has 0 aliphatic carbocycles. The van der Waals surface area contributed by atoms with E-state index in [1.54, 1.807) is 14.2 Å². The fraction of sp³-hybridized carbons (Fsp3) is 0.650. The van der Waals surface area contributed by atoms with E-state index in [0.717, 1.165) is 11.4 Å². The molecule has 5 nitrogen and oxygen atoms in total. The van der Waals surface area contributed by atoms with Gasteiger partial charge in [0.2, 0.25) is 0 Å². The zero-order valence-corrected chi connectivity index (χ0v) is 16.4. The zero-order valence-electron chi connectivity index (χ0n) is 16.4. The minimum Gasteiger partial charge on any atom is -0.491 e. The Morgan fingerprint density at radius 3 is 2.00 bits per heavy atom. The van der Waals surface area contributed by atoms with Crippen LogP contribution in [0.4, 0.5) is 5.69 Å². The number of ether oxygens (including phenoxy) is 3. The number of rotatable bonds is 11. The molecule has 0 unspecified atom stereocenters. The first-order chi connectivity index (χ1) is 11.8. The molecule has 0 heterocycles. The van der Waals surface area contributed by atoms with Crippen LogP contribution in [0.1, 0.15) is 40.5 Å². The molecule has 0 aliphatic rings.